The molecule has 0 atom stereocenters. The molecule has 2 heterocycles. The summed E-state index contributed by atoms with van der Waals surface area (Å²) < 4.78 is 0. The van der Waals surface area contributed by atoms with Crippen LogP contribution in [-0.2, 0) is 0 Å². The van der Waals surface area contributed by atoms with E-state index in [2.05, 4.69) is 9.97 Å². The predicted molar refractivity (Wildman–Crippen MR) is 97.7 cm³/mol. The minimum atomic E-state index is -0.162. The smallest absolute Gasteiger partial charge is 0.257 e. The number of nitrogens with zero attached hydrogens (tertiary/aromatic N) is 3. The van der Waals surface area contributed by atoms with E-state index in [1.165, 1.54) is 19.3 Å². The molecule has 1 aliphatic rings. The van der Waals surface area contributed by atoms with Gasteiger partial charge in [0.1, 0.15) is 5.52 Å². The van der Waals surface area contributed by atoms with Gasteiger partial charge in [-0.1, -0.05) is 12.5 Å². The number of pyridine rings is 2. The molecule has 1 aromatic carbocycles. The number of carbonyl (C=O) groups excluding carboxylic acids is 1. The molecule has 25 heavy (non-hydrogen) atoms. The van der Waals surface area contributed by atoms with Crippen LogP contribution < -0.4 is 0 Å². The molecule has 1 aliphatic carbocycles. The molecule has 5 nitrogen and oxygen atoms in total. The van der Waals surface area contributed by atoms with Gasteiger partial charge in [-0.3, -0.25) is 4.79 Å². The van der Waals surface area contributed by atoms with Crippen LogP contribution >= 0.6 is 0 Å². The molecule has 0 unspecified atom stereocenters. The van der Waals surface area contributed by atoms with Crippen molar-refractivity contribution in [1.29, 1.82) is 0 Å². The van der Waals surface area contributed by atoms with Crippen molar-refractivity contribution >= 4 is 27.8 Å². The van der Waals surface area contributed by atoms with E-state index in [0.717, 1.165) is 22.9 Å². The Hall–Kier alpha value is -2.69. The largest absolute Gasteiger partial charge is 0.505 e. The molecule has 0 radical (unpaired) electrons. The summed E-state index contributed by atoms with van der Waals surface area (Å²) in [5.74, 6) is 0.365. The fourth-order valence-electron chi connectivity index (χ4n) is 3.44. The normalized spacial score (nSPS) is 14.6. The quantitative estimate of drug-likeness (QED) is 0.742. The van der Waals surface area contributed by atoms with Gasteiger partial charge >= 0.3 is 0 Å². The fraction of sp³-hybridized carbons (Fsp3) is 0.350. The van der Waals surface area contributed by atoms with Crippen LogP contribution in [0.2, 0.25) is 0 Å². The Bertz CT molecular complexity index is 979. The molecule has 5 heteroatoms. The number of benzene rings is 1. The van der Waals surface area contributed by atoms with Gasteiger partial charge in [0.15, 0.2) is 11.4 Å². The van der Waals surface area contributed by atoms with Crippen molar-refractivity contribution in [3.8, 4) is 5.75 Å². The summed E-state index contributed by atoms with van der Waals surface area (Å²) in [4.78, 5) is 23.2. The Balaban J connectivity index is 1.76. The van der Waals surface area contributed by atoms with Crippen molar-refractivity contribution in [3.63, 3.8) is 0 Å². The molecule has 0 bridgehead atoms. The van der Waals surface area contributed by atoms with Crippen molar-refractivity contribution < 1.29 is 9.90 Å². The van der Waals surface area contributed by atoms with E-state index < -0.39 is 0 Å². The molecule has 1 N–H and O–H groups in total. The van der Waals surface area contributed by atoms with Gasteiger partial charge in [0.2, 0.25) is 0 Å². The molecule has 0 spiro atoms. The zero-order chi connectivity index (χ0) is 17.6. The first kappa shape index (κ1) is 15.8. The van der Waals surface area contributed by atoms with Crippen molar-refractivity contribution in [2.24, 2.45) is 5.92 Å². The van der Waals surface area contributed by atoms with Crippen LogP contribution in [0.1, 0.15) is 35.2 Å². The predicted octanol–water partition coefficient (Wildman–Crippen LogP) is 3.67. The van der Waals surface area contributed by atoms with E-state index in [1.54, 1.807) is 24.2 Å². The highest BCUT2D eigenvalue weighted by molar-refractivity contribution is 6.04. The first-order valence-electron chi connectivity index (χ1n) is 8.68. The third kappa shape index (κ3) is 2.69. The minimum absolute atomic E-state index is 0.0619. The SMILES string of the molecule is Cc1ccnc2nc3c(O)c(C(=O)N(C)CC4CCC4)ccc3cc12. The number of phenolic OH excluding ortho intramolecular Hbond substituents is 1. The maximum absolute atomic E-state index is 12.7. The van der Waals surface area contributed by atoms with Gasteiger partial charge in [-0.2, -0.15) is 0 Å². The lowest BCUT2D eigenvalue weighted by molar-refractivity contribution is 0.0742. The zero-order valence-electron chi connectivity index (χ0n) is 14.5. The first-order valence-corrected chi connectivity index (χ1v) is 8.68. The Morgan fingerprint density at radius 1 is 1.32 bits per heavy atom. The van der Waals surface area contributed by atoms with Crippen LogP contribution in [0.3, 0.4) is 0 Å². The number of hydrogen-bond donors (Lipinski definition) is 1. The van der Waals surface area contributed by atoms with E-state index >= 15 is 0 Å². The Morgan fingerprint density at radius 3 is 2.84 bits per heavy atom. The molecule has 128 valence electrons. The third-order valence-electron chi connectivity index (χ3n) is 5.22. The highest BCUT2D eigenvalue weighted by atomic mass is 16.3. The molecule has 2 aromatic heterocycles. The lowest BCUT2D eigenvalue weighted by Crippen LogP contribution is -2.34. The molecule has 1 saturated carbocycles. The van der Waals surface area contributed by atoms with Crippen LogP contribution in [0.4, 0.5) is 0 Å². The van der Waals surface area contributed by atoms with E-state index in [0.29, 0.717) is 22.6 Å². The van der Waals surface area contributed by atoms with Gasteiger partial charge in [-0.05, 0) is 49.4 Å². The number of hydrogen-bond acceptors (Lipinski definition) is 4. The Morgan fingerprint density at radius 2 is 2.12 bits per heavy atom. The van der Waals surface area contributed by atoms with Crippen molar-refractivity contribution in [1.82, 2.24) is 14.9 Å². The van der Waals surface area contributed by atoms with E-state index in [9.17, 15) is 9.90 Å². The van der Waals surface area contributed by atoms with Gasteiger partial charge in [-0.25, -0.2) is 9.97 Å². The molecule has 1 amide bonds. The molecule has 4 rings (SSSR count). The monoisotopic (exact) mass is 335 g/mol. The molecule has 1 fully saturated rings. The maximum Gasteiger partial charge on any atom is 0.257 e. The number of phenols is 1. The number of aromatic hydroxyl groups is 1. The molecule has 0 saturated heterocycles. The average molecular weight is 335 g/mol. The third-order valence-corrected chi connectivity index (χ3v) is 5.22. The summed E-state index contributed by atoms with van der Waals surface area (Å²) in [7, 11) is 1.79. The summed E-state index contributed by atoms with van der Waals surface area (Å²) in [5, 5.41) is 12.4. The van der Waals surface area contributed by atoms with E-state index in [1.807, 2.05) is 25.1 Å². The van der Waals surface area contributed by atoms with Crippen LogP contribution in [0, 0.1) is 12.8 Å². The lowest BCUT2D eigenvalue weighted by Gasteiger charge is -2.30. The summed E-state index contributed by atoms with van der Waals surface area (Å²) in [6.07, 6.45) is 5.31. The number of amides is 1. The van der Waals surface area contributed by atoms with Crippen molar-refractivity contribution in [2.75, 3.05) is 13.6 Å². The average Bonchev–Trinajstić information content (AvgIpc) is 2.57. The summed E-state index contributed by atoms with van der Waals surface area (Å²) >= 11 is 0. The van der Waals surface area contributed by atoms with Gasteiger partial charge in [-0.15, -0.1) is 0 Å². The molecule has 0 aliphatic heterocycles. The van der Waals surface area contributed by atoms with Crippen molar-refractivity contribution in [3.05, 3.63) is 41.6 Å². The zero-order valence-corrected chi connectivity index (χ0v) is 14.5. The molecular weight excluding hydrogens is 314 g/mol. The number of fused-ring (bicyclic) bond motifs is 2. The number of carbonyl (C=O) groups is 1. The second-order valence-corrected chi connectivity index (χ2v) is 7.00. The highest BCUT2D eigenvalue weighted by Gasteiger charge is 2.24. The first-order chi connectivity index (χ1) is 12.0. The summed E-state index contributed by atoms with van der Waals surface area (Å²) in [6, 6.07) is 7.43. The van der Waals surface area contributed by atoms with Crippen LogP contribution in [0.15, 0.2) is 30.5 Å². The van der Waals surface area contributed by atoms with Crippen LogP contribution in [0.25, 0.3) is 21.9 Å². The second kappa shape index (κ2) is 5.99. The minimum Gasteiger partial charge on any atom is -0.505 e. The van der Waals surface area contributed by atoms with Crippen LogP contribution in [0.5, 0.6) is 5.75 Å². The molecular formula is C20H21N3O2. The van der Waals surface area contributed by atoms with Crippen LogP contribution in [-0.4, -0.2) is 39.5 Å². The summed E-state index contributed by atoms with van der Waals surface area (Å²) in [5.41, 5.74) is 2.39. The highest BCUT2D eigenvalue weighted by Crippen LogP contribution is 2.32. The fourth-order valence-corrected chi connectivity index (χ4v) is 3.44. The van der Waals surface area contributed by atoms with E-state index in [-0.39, 0.29) is 11.7 Å². The lowest BCUT2D eigenvalue weighted by atomic mass is 9.85. The topological polar surface area (TPSA) is 66.3 Å². The van der Waals surface area contributed by atoms with Gasteiger partial charge < -0.3 is 10.0 Å². The van der Waals surface area contributed by atoms with Gasteiger partial charge in [0.05, 0.1) is 5.56 Å². The second-order valence-electron chi connectivity index (χ2n) is 7.00. The van der Waals surface area contributed by atoms with Crippen molar-refractivity contribution in [2.45, 2.75) is 26.2 Å². The summed E-state index contributed by atoms with van der Waals surface area (Å²) in [6.45, 7) is 2.74. The molecule has 3 aromatic rings. The number of aryl methyl sites for hydroxylation is 1. The Kier molecular flexibility index (Phi) is 3.79. The van der Waals surface area contributed by atoms with Gasteiger partial charge in [0, 0.05) is 30.6 Å². The maximum atomic E-state index is 12.7. The van der Waals surface area contributed by atoms with Gasteiger partial charge in [0.25, 0.3) is 5.91 Å². The standard InChI is InChI=1S/C20H21N3O2/c1-12-8-9-21-19-16(12)10-14-6-7-15(18(24)17(14)22-19)20(25)23(2)11-13-4-3-5-13/h6-10,13,24H,3-5,11H2,1-2H3. The Labute approximate surface area is 146 Å². The van der Waals surface area contributed by atoms with E-state index in [4.69, 9.17) is 0 Å². The number of rotatable bonds is 3. The number of aromatic nitrogens is 2.